The molecule has 0 saturated heterocycles. The van der Waals surface area contributed by atoms with E-state index >= 15 is 0 Å². The summed E-state index contributed by atoms with van der Waals surface area (Å²) >= 11 is 0. The van der Waals surface area contributed by atoms with Crippen molar-refractivity contribution < 1.29 is 18.7 Å². The summed E-state index contributed by atoms with van der Waals surface area (Å²) in [4.78, 5) is 24.8. The molecule has 0 unspecified atom stereocenters. The maximum absolute atomic E-state index is 14.4. The second kappa shape index (κ2) is 8.28. The molecular weight excluding hydrogens is 389 g/mol. The lowest BCUT2D eigenvalue weighted by Crippen LogP contribution is -2.25. The molecule has 1 amide bonds. The molecule has 7 nitrogen and oxygen atoms in total. The molecule has 0 bridgehead atoms. The molecule has 0 radical (unpaired) electrons. The maximum atomic E-state index is 14.4. The van der Waals surface area contributed by atoms with Gasteiger partial charge in [0.2, 0.25) is 0 Å². The van der Waals surface area contributed by atoms with E-state index in [2.05, 4.69) is 5.32 Å². The average molecular weight is 411 g/mol. The third kappa shape index (κ3) is 3.98. The number of hydrogen-bond acceptors (Lipinski definition) is 5. The zero-order valence-corrected chi connectivity index (χ0v) is 17.1. The van der Waals surface area contributed by atoms with E-state index in [0.29, 0.717) is 17.1 Å². The molecular formula is C22H22FN3O4. The Bertz CT molecular complexity index is 1190. The van der Waals surface area contributed by atoms with Crippen molar-refractivity contribution in [3.8, 4) is 17.2 Å². The third-order valence-electron chi connectivity index (χ3n) is 4.70. The summed E-state index contributed by atoms with van der Waals surface area (Å²) in [6.45, 7) is 3.53. The lowest BCUT2D eigenvalue weighted by Gasteiger charge is -2.19. The van der Waals surface area contributed by atoms with Crippen LogP contribution in [0.5, 0.6) is 17.2 Å². The van der Waals surface area contributed by atoms with Gasteiger partial charge in [-0.2, -0.15) is 0 Å². The van der Waals surface area contributed by atoms with Crippen molar-refractivity contribution in [3.63, 3.8) is 0 Å². The number of amides is 1. The summed E-state index contributed by atoms with van der Waals surface area (Å²) in [5.74, 6) is -0.427. The van der Waals surface area contributed by atoms with Crippen LogP contribution in [0, 0.1) is 19.7 Å². The first kappa shape index (κ1) is 20.9. The van der Waals surface area contributed by atoms with Crippen LogP contribution in [0.4, 0.5) is 15.9 Å². The number of pyridine rings is 1. The third-order valence-corrected chi connectivity index (χ3v) is 4.70. The molecule has 0 aliphatic heterocycles. The Kier molecular flexibility index (Phi) is 5.77. The van der Waals surface area contributed by atoms with Crippen molar-refractivity contribution in [1.29, 1.82) is 0 Å². The smallest absolute Gasteiger partial charge is 0.256 e. The quantitative estimate of drug-likeness (QED) is 0.644. The molecule has 1 aromatic heterocycles. The Morgan fingerprint density at radius 2 is 1.80 bits per heavy atom. The summed E-state index contributed by atoms with van der Waals surface area (Å²) in [6.07, 6.45) is 0. The van der Waals surface area contributed by atoms with Gasteiger partial charge in [0.15, 0.2) is 0 Å². The Morgan fingerprint density at radius 1 is 1.10 bits per heavy atom. The monoisotopic (exact) mass is 411 g/mol. The predicted molar refractivity (Wildman–Crippen MR) is 112 cm³/mol. The minimum absolute atomic E-state index is 0.0216. The van der Waals surface area contributed by atoms with Gasteiger partial charge >= 0.3 is 0 Å². The number of aromatic nitrogens is 1. The number of aryl methyl sites for hydroxylation is 1. The molecule has 0 aliphatic carbocycles. The van der Waals surface area contributed by atoms with Crippen molar-refractivity contribution in [3.05, 3.63) is 75.3 Å². The normalized spacial score (nSPS) is 10.6. The summed E-state index contributed by atoms with van der Waals surface area (Å²) in [5, 5.41) is 2.80. The van der Waals surface area contributed by atoms with Crippen LogP contribution in [0.15, 0.2) is 47.3 Å². The predicted octanol–water partition coefficient (Wildman–Crippen LogP) is 3.78. The lowest BCUT2D eigenvalue weighted by molar-refractivity contribution is 0.0998. The fourth-order valence-electron chi connectivity index (χ4n) is 3.03. The number of carbonyl (C=O) groups excluding carboxylic acids is 1. The van der Waals surface area contributed by atoms with Crippen LogP contribution in [0.3, 0.4) is 0 Å². The zero-order valence-electron chi connectivity index (χ0n) is 17.1. The number of nitrogens with zero attached hydrogens (tertiary/aromatic N) is 1. The first-order valence-corrected chi connectivity index (χ1v) is 9.11. The highest BCUT2D eigenvalue weighted by molar-refractivity contribution is 6.01. The first-order chi connectivity index (χ1) is 14.2. The van der Waals surface area contributed by atoms with Gasteiger partial charge in [0.05, 0.1) is 12.8 Å². The maximum Gasteiger partial charge on any atom is 0.256 e. The highest BCUT2D eigenvalue weighted by Crippen LogP contribution is 2.35. The second-order valence-corrected chi connectivity index (χ2v) is 6.79. The molecule has 2 aromatic carbocycles. The Hall–Kier alpha value is -3.81. The number of anilines is 2. The van der Waals surface area contributed by atoms with Crippen molar-refractivity contribution in [2.24, 2.45) is 12.8 Å². The SMILES string of the molecule is COc1cccc(Oc2cc(=O)n(C)c(Nc3ccc(C)cc3F)c2C(N)=O)c1C. The minimum atomic E-state index is -0.837. The summed E-state index contributed by atoms with van der Waals surface area (Å²) in [6, 6.07) is 10.9. The molecule has 0 saturated carbocycles. The van der Waals surface area contributed by atoms with Gasteiger partial charge in [0.25, 0.3) is 11.5 Å². The molecule has 3 rings (SSSR count). The summed E-state index contributed by atoms with van der Waals surface area (Å²) < 4.78 is 26.7. The number of nitrogens with one attached hydrogen (secondary N) is 1. The fraction of sp³-hybridized carbons (Fsp3) is 0.182. The van der Waals surface area contributed by atoms with Crippen LogP contribution in [-0.2, 0) is 7.05 Å². The minimum Gasteiger partial charge on any atom is -0.496 e. The Morgan fingerprint density at radius 3 is 2.43 bits per heavy atom. The molecule has 30 heavy (non-hydrogen) atoms. The van der Waals surface area contributed by atoms with Gasteiger partial charge in [-0.3, -0.25) is 14.2 Å². The van der Waals surface area contributed by atoms with Crippen molar-refractivity contribution in [1.82, 2.24) is 4.57 Å². The van der Waals surface area contributed by atoms with E-state index in [9.17, 15) is 14.0 Å². The van der Waals surface area contributed by atoms with Gasteiger partial charge < -0.3 is 20.5 Å². The first-order valence-electron chi connectivity index (χ1n) is 9.11. The standard InChI is InChI=1S/C22H22FN3O4/c1-12-8-9-15(14(23)10-12)25-22-20(21(24)28)18(11-19(27)26(22)3)30-17-7-5-6-16(29-4)13(17)2/h5-11,25H,1-4H3,(H2,24,28). The highest BCUT2D eigenvalue weighted by Gasteiger charge is 2.22. The number of nitrogens with two attached hydrogens (primary N) is 1. The number of ether oxygens (including phenoxy) is 2. The molecule has 0 fully saturated rings. The number of rotatable bonds is 6. The Balaban J connectivity index is 2.16. The number of carbonyl (C=O) groups is 1. The topological polar surface area (TPSA) is 95.6 Å². The van der Waals surface area contributed by atoms with E-state index in [1.165, 1.54) is 30.9 Å². The van der Waals surface area contributed by atoms with Crippen LogP contribution in [-0.4, -0.2) is 17.6 Å². The van der Waals surface area contributed by atoms with E-state index in [0.717, 1.165) is 11.6 Å². The molecule has 156 valence electrons. The average Bonchev–Trinajstić information content (AvgIpc) is 2.69. The number of methoxy groups -OCH3 is 1. The van der Waals surface area contributed by atoms with E-state index in [4.69, 9.17) is 15.2 Å². The highest BCUT2D eigenvalue weighted by atomic mass is 19.1. The van der Waals surface area contributed by atoms with Gasteiger partial charge in [-0.05, 0) is 43.7 Å². The van der Waals surface area contributed by atoms with E-state index in [-0.39, 0.29) is 22.8 Å². The van der Waals surface area contributed by atoms with Gasteiger partial charge in [0.1, 0.15) is 34.4 Å². The van der Waals surface area contributed by atoms with Crippen molar-refractivity contribution in [2.45, 2.75) is 13.8 Å². The molecule has 0 aliphatic rings. The molecule has 0 atom stereocenters. The largest absolute Gasteiger partial charge is 0.496 e. The molecule has 3 aromatic rings. The van der Waals surface area contributed by atoms with Crippen LogP contribution in [0.25, 0.3) is 0 Å². The van der Waals surface area contributed by atoms with Crippen LogP contribution >= 0.6 is 0 Å². The van der Waals surface area contributed by atoms with Crippen molar-refractivity contribution >= 4 is 17.4 Å². The van der Waals surface area contributed by atoms with Crippen LogP contribution in [0.2, 0.25) is 0 Å². The van der Waals surface area contributed by atoms with Crippen LogP contribution < -0.4 is 26.1 Å². The van der Waals surface area contributed by atoms with E-state index in [1.54, 1.807) is 38.1 Å². The van der Waals surface area contributed by atoms with Crippen molar-refractivity contribution in [2.75, 3.05) is 12.4 Å². The number of hydrogen-bond donors (Lipinski definition) is 2. The van der Waals surface area contributed by atoms with E-state index in [1.807, 2.05) is 0 Å². The second-order valence-electron chi connectivity index (χ2n) is 6.79. The van der Waals surface area contributed by atoms with Gasteiger partial charge in [0, 0.05) is 18.7 Å². The molecule has 3 N–H and O–H groups in total. The fourth-order valence-corrected chi connectivity index (χ4v) is 3.03. The number of primary amides is 1. The van der Waals surface area contributed by atoms with E-state index < -0.39 is 17.3 Å². The molecule has 0 spiro atoms. The zero-order chi connectivity index (χ0) is 22.0. The Labute approximate surface area is 172 Å². The molecule has 8 heteroatoms. The molecule has 1 heterocycles. The van der Waals surface area contributed by atoms with Gasteiger partial charge in [-0.15, -0.1) is 0 Å². The summed E-state index contributed by atoms with van der Waals surface area (Å²) in [7, 11) is 2.97. The summed E-state index contributed by atoms with van der Waals surface area (Å²) in [5.41, 5.74) is 6.55. The number of benzene rings is 2. The van der Waals surface area contributed by atoms with Gasteiger partial charge in [-0.1, -0.05) is 12.1 Å². The lowest BCUT2D eigenvalue weighted by atomic mass is 10.1. The number of halogens is 1. The van der Waals surface area contributed by atoms with Gasteiger partial charge in [-0.25, -0.2) is 4.39 Å². The van der Waals surface area contributed by atoms with Crippen LogP contribution in [0.1, 0.15) is 21.5 Å².